The number of piperidine rings is 1. The van der Waals surface area contributed by atoms with Crippen LogP contribution in [0.4, 0.5) is 0 Å². The first-order valence-corrected chi connectivity index (χ1v) is 11.2. The molecule has 0 amide bonds. The summed E-state index contributed by atoms with van der Waals surface area (Å²) in [5, 5.41) is 0. The standard InChI is InChI=1S/C27H33N3/c1-21-12-14-25(15-13-21)26(22(2)20-24-10-6-4-7-11-24)30-19-16-28-27(23(30)3)29-17-8-5-9-18-29/h4,6-7,10-16,19,23H,5,8-9,17-18,20H2,1-3H3/b26-22+. The van der Waals surface area contributed by atoms with E-state index in [1.165, 1.54) is 53.1 Å². The van der Waals surface area contributed by atoms with Crippen molar-refractivity contribution in [3.05, 3.63) is 89.3 Å². The smallest absolute Gasteiger partial charge is 0.127 e. The molecule has 2 aromatic rings. The van der Waals surface area contributed by atoms with Gasteiger partial charge < -0.3 is 9.80 Å². The van der Waals surface area contributed by atoms with E-state index in [1.54, 1.807) is 0 Å². The van der Waals surface area contributed by atoms with Gasteiger partial charge in [-0.1, -0.05) is 60.2 Å². The van der Waals surface area contributed by atoms with Gasteiger partial charge in [0.25, 0.3) is 0 Å². The van der Waals surface area contributed by atoms with Crippen molar-refractivity contribution in [2.75, 3.05) is 13.1 Å². The topological polar surface area (TPSA) is 18.8 Å². The molecule has 3 heteroatoms. The van der Waals surface area contributed by atoms with Crippen molar-refractivity contribution >= 4 is 11.5 Å². The van der Waals surface area contributed by atoms with Gasteiger partial charge >= 0.3 is 0 Å². The molecule has 156 valence electrons. The fourth-order valence-corrected chi connectivity index (χ4v) is 4.59. The molecule has 0 bridgehead atoms. The van der Waals surface area contributed by atoms with E-state index in [0.717, 1.165) is 19.5 Å². The van der Waals surface area contributed by atoms with E-state index in [-0.39, 0.29) is 6.04 Å². The molecule has 2 heterocycles. The molecule has 1 unspecified atom stereocenters. The van der Waals surface area contributed by atoms with Crippen LogP contribution >= 0.6 is 0 Å². The zero-order valence-electron chi connectivity index (χ0n) is 18.5. The number of nitrogens with zero attached hydrogens (tertiary/aromatic N) is 3. The molecule has 0 aromatic heterocycles. The molecule has 0 N–H and O–H groups in total. The van der Waals surface area contributed by atoms with E-state index in [4.69, 9.17) is 4.99 Å². The van der Waals surface area contributed by atoms with Crippen LogP contribution in [0.2, 0.25) is 0 Å². The van der Waals surface area contributed by atoms with Gasteiger partial charge in [-0.3, -0.25) is 0 Å². The summed E-state index contributed by atoms with van der Waals surface area (Å²) in [6.45, 7) is 8.96. The summed E-state index contributed by atoms with van der Waals surface area (Å²) in [6, 6.07) is 19.9. The molecule has 1 fully saturated rings. The second-order valence-electron chi connectivity index (χ2n) is 8.57. The summed E-state index contributed by atoms with van der Waals surface area (Å²) in [5.41, 5.74) is 6.58. The number of aryl methyl sites for hydroxylation is 1. The molecule has 0 aliphatic carbocycles. The second-order valence-corrected chi connectivity index (χ2v) is 8.57. The van der Waals surface area contributed by atoms with Gasteiger partial charge in [-0.05, 0) is 63.2 Å². The van der Waals surface area contributed by atoms with Crippen molar-refractivity contribution in [2.24, 2.45) is 4.99 Å². The lowest BCUT2D eigenvalue weighted by atomic mass is 9.97. The van der Waals surface area contributed by atoms with Crippen LogP contribution in [0.3, 0.4) is 0 Å². The lowest BCUT2D eigenvalue weighted by Crippen LogP contribution is -2.48. The Balaban J connectivity index is 1.70. The molecule has 1 atom stereocenters. The number of aliphatic imine (C=N–C) groups is 1. The molecule has 0 spiro atoms. The largest absolute Gasteiger partial charge is 0.358 e. The number of rotatable bonds is 4. The van der Waals surface area contributed by atoms with Crippen LogP contribution in [-0.4, -0.2) is 34.8 Å². The molecule has 2 aliphatic heterocycles. The number of likely N-dealkylation sites (tertiary alicyclic amines) is 1. The normalized spacial score (nSPS) is 20.1. The number of benzene rings is 2. The minimum Gasteiger partial charge on any atom is -0.358 e. The van der Waals surface area contributed by atoms with Crippen molar-refractivity contribution in [3.63, 3.8) is 0 Å². The Morgan fingerprint density at radius 3 is 2.37 bits per heavy atom. The lowest BCUT2D eigenvalue weighted by Gasteiger charge is -2.40. The molecule has 2 aliphatic rings. The maximum atomic E-state index is 4.82. The first-order chi connectivity index (χ1) is 14.6. The van der Waals surface area contributed by atoms with Crippen LogP contribution in [0.1, 0.15) is 49.8 Å². The van der Waals surface area contributed by atoms with Crippen molar-refractivity contribution in [2.45, 2.75) is 52.5 Å². The Morgan fingerprint density at radius 2 is 1.67 bits per heavy atom. The summed E-state index contributed by atoms with van der Waals surface area (Å²) < 4.78 is 0. The van der Waals surface area contributed by atoms with Crippen molar-refractivity contribution < 1.29 is 0 Å². The van der Waals surface area contributed by atoms with Crippen molar-refractivity contribution in [1.29, 1.82) is 0 Å². The van der Waals surface area contributed by atoms with Crippen molar-refractivity contribution in [3.8, 4) is 0 Å². The monoisotopic (exact) mass is 399 g/mol. The second kappa shape index (κ2) is 9.34. The van der Waals surface area contributed by atoms with Gasteiger partial charge in [0, 0.05) is 31.2 Å². The summed E-state index contributed by atoms with van der Waals surface area (Å²) in [7, 11) is 0. The zero-order chi connectivity index (χ0) is 20.9. The molecule has 30 heavy (non-hydrogen) atoms. The minimum atomic E-state index is 0.218. The Morgan fingerprint density at radius 1 is 0.967 bits per heavy atom. The molecule has 2 aromatic carbocycles. The number of amidine groups is 1. The summed E-state index contributed by atoms with van der Waals surface area (Å²) in [6.07, 6.45) is 8.95. The van der Waals surface area contributed by atoms with Gasteiger partial charge in [-0.15, -0.1) is 0 Å². The predicted octanol–water partition coefficient (Wildman–Crippen LogP) is 6.03. The van der Waals surface area contributed by atoms with Crippen LogP contribution in [-0.2, 0) is 6.42 Å². The third-order valence-corrected chi connectivity index (χ3v) is 6.20. The van der Waals surface area contributed by atoms with E-state index in [9.17, 15) is 0 Å². The maximum absolute atomic E-state index is 4.82. The Labute approximate surface area is 181 Å². The Kier molecular flexibility index (Phi) is 6.37. The highest BCUT2D eigenvalue weighted by Crippen LogP contribution is 2.31. The fourth-order valence-electron chi connectivity index (χ4n) is 4.59. The minimum absolute atomic E-state index is 0.218. The highest BCUT2D eigenvalue weighted by atomic mass is 15.3. The summed E-state index contributed by atoms with van der Waals surface area (Å²) >= 11 is 0. The van der Waals surface area contributed by atoms with Crippen LogP contribution < -0.4 is 0 Å². The van der Waals surface area contributed by atoms with E-state index < -0.39 is 0 Å². The third kappa shape index (κ3) is 4.51. The quantitative estimate of drug-likeness (QED) is 0.625. The number of allylic oxidation sites excluding steroid dienone is 1. The maximum Gasteiger partial charge on any atom is 0.127 e. The first kappa shape index (κ1) is 20.5. The highest BCUT2D eigenvalue weighted by molar-refractivity contribution is 5.90. The molecule has 0 saturated carbocycles. The molecular formula is C27H33N3. The first-order valence-electron chi connectivity index (χ1n) is 11.2. The average molecular weight is 400 g/mol. The van der Waals surface area contributed by atoms with E-state index in [1.807, 2.05) is 6.20 Å². The lowest BCUT2D eigenvalue weighted by molar-refractivity contribution is 0.315. The van der Waals surface area contributed by atoms with Gasteiger partial charge in [0.2, 0.25) is 0 Å². The molecule has 3 nitrogen and oxygen atoms in total. The zero-order valence-corrected chi connectivity index (χ0v) is 18.5. The van der Waals surface area contributed by atoms with Gasteiger partial charge in [-0.25, -0.2) is 4.99 Å². The van der Waals surface area contributed by atoms with Crippen molar-refractivity contribution in [1.82, 2.24) is 9.80 Å². The number of hydrogen-bond donors (Lipinski definition) is 0. The summed E-state index contributed by atoms with van der Waals surface area (Å²) in [5.74, 6) is 1.20. The van der Waals surface area contributed by atoms with Gasteiger partial charge in [0.15, 0.2) is 0 Å². The number of hydrogen-bond acceptors (Lipinski definition) is 3. The SMILES string of the molecule is C/C(Cc1ccccc1)=C(/c1ccc(C)cc1)N1C=CN=C(N2CCCCC2)C1C. The van der Waals surface area contributed by atoms with E-state index in [0.29, 0.717) is 0 Å². The van der Waals surface area contributed by atoms with Crippen LogP contribution in [0.25, 0.3) is 5.70 Å². The van der Waals surface area contributed by atoms with E-state index in [2.05, 4.69) is 91.4 Å². The fraction of sp³-hybridized carbons (Fsp3) is 0.370. The van der Waals surface area contributed by atoms with E-state index >= 15 is 0 Å². The van der Waals surface area contributed by atoms with Gasteiger partial charge in [0.1, 0.15) is 5.84 Å². The molecular weight excluding hydrogens is 366 g/mol. The van der Waals surface area contributed by atoms with Crippen LogP contribution in [0, 0.1) is 6.92 Å². The van der Waals surface area contributed by atoms with Gasteiger partial charge in [-0.2, -0.15) is 0 Å². The molecule has 0 radical (unpaired) electrons. The highest BCUT2D eigenvalue weighted by Gasteiger charge is 2.28. The predicted molar refractivity (Wildman–Crippen MR) is 127 cm³/mol. The average Bonchev–Trinajstić information content (AvgIpc) is 2.78. The van der Waals surface area contributed by atoms with Crippen LogP contribution in [0.15, 0.2) is 77.6 Å². The molecule has 1 saturated heterocycles. The molecule has 4 rings (SSSR count). The Bertz CT molecular complexity index is 932. The summed E-state index contributed by atoms with van der Waals surface area (Å²) in [4.78, 5) is 9.74. The van der Waals surface area contributed by atoms with Gasteiger partial charge in [0.05, 0.1) is 6.04 Å². The Hall–Kier alpha value is -2.81. The van der Waals surface area contributed by atoms with Crippen LogP contribution in [0.5, 0.6) is 0 Å². The third-order valence-electron chi connectivity index (χ3n) is 6.20.